The van der Waals surface area contributed by atoms with Gasteiger partial charge in [0.15, 0.2) is 0 Å². The molecule has 7 nitrogen and oxygen atoms in total. The second-order valence-electron chi connectivity index (χ2n) is 7.14. The number of rotatable bonds is 6. The first-order valence-corrected chi connectivity index (χ1v) is 9.72. The Kier molecular flexibility index (Phi) is 6.55. The van der Waals surface area contributed by atoms with Gasteiger partial charge < -0.3 is 19.4 Å². The molecule has 7 heteroatoms. The molecule has 1 N–H and O–H groups in total. The molecule has 0 bridgehead atoms. The van der Waals surface area contributed by atoms with E-state index in [4.69, 9.17) is 9.47 Å². The summed E-state index contributed by atoms with van der Waals surface area (Å²) < 4.78 is 11.7. The van der Waals surface area contributed by atoms with Gasteiger partial charge in [-0.25, -0.2) is 0 Å². The summed E-state index contributed by atoms with van der Waals surface area (Å²) >= 11 is 0. The summed E-state index contributed by atoms with van der Waals surface area (Å²) in [6.07, 6.45) is 0. The van der Waals surface area contributed by atoms with Crippen LogP contribution in [-0.2, 0) is 11.3 Å². The molecule has 160 valence electrons. The number of carbonyl (C=O) groups excluding carboxylic acids is 2. The van der Waals surface area contributed by atoms with Gasteiger partial charge in [-0.3, -0.25) is 14.4 Å². The molecule has 0 aliphatic carbocycles. The summed E-state index contributed by atoms with van der Waals surface area (Å²) in [5.41, 5.74) is 2.73. The molecule has 0 unspecified atom stereocenters. The molecule has 1 aromatic heterocycles. The second kappa shape index (κ2) is 9.30. The largest absolute Gasteiger partial charge is 0.497 e. The van der Waals surface area contributed by atoms with E-state index in [2.05, 4.69) is 5.32 Å². The minimum atomic E-state index is -0.503. The van der Waals surface area contributed by atoms with E-state index in [-0.39, 0.29) is 11.1 Å². The minimum Gasteiger partial charge on any atom is -0.497 e. The molecule has 31 heavy (non-hydrogen) atoms. The van der Waals surface area contributed by atoms with E-state index in [1.54, 1.807) is 42.0 Å². The van der Waals surface area contributed by atoms with E-state index in [0.29, 0.717) is 18.0 Å². The van der Waals surface area contributed by atoms with Crippen molar-refractivity contribution in [2.24, 2.45) is 0 Å². The lowest BCUT2D eigenvalue weighted by molar-refractivity contribution is -0.131. The second-order valence-corrected chi connectivity index (χ2v) is 7.14. The number of aryl methyl sites for hydroxylation is 1. The average Bonchev–Trinajstić information content (AvgIpc) is 2.75. The third-order valence-electron chi connectivity index (χ3n) is 4.93. The number of methoxy groups -OCH3 is 1. The maximum Gasteiger partial charge on any atom is 0.308 e. The Bertz CT molecular complexity index is 1160. The number of carbonyl (C=O) groups is 2. The molecule has 0 aliphatic rings. The van der Waals surface area contributed by atoms with E-state index in [1.807, 2.05) is 38.1 Å². The van der Waals surface area contributed by atoms with Crippen molar-refractivity contribution < 1.29 is 19.1 Å². The number of esters is 1. The number of aromatic nitrogens is 1. The normalized spacial score (nSPS) is 10.5. The number of ether oxygens (including phenoxy) is 2. The summed E-state index contributed by atoms with van der Waals surface area (Å²) in [4.78, 5) is 36.9. The van der Waals surface area contributed by atoms with Gasteiger partial charge in [0.05, 0.1) is 13.7 Å². The molecule has 1 heterocycles. The minimum absolute atomic E-state index is 0.0562. The fraction of sp³-hybridized carbons (Fsp3) is 0.208. The molecule has 0 saturated heterocycles. The van der Waals surface area contributed by atoms with E-state index in [1.165, 1.54) is 6.92 Å². The number of nitrogens with zero attached hydrogens (tertiary/aromatic N) is 1. The number of amides is 1. The van der Waals surface area contributed by atoms with Gasteiger partial charge in [0.2, 0.25) is 0 Å². The molecule has 1 amide bonds. The fourth-order valence-electron chi connectivity index (χ4n) is 3.13. The zero-order valence-corrected chi connectivity index (χ0v) is 17.9. The van der Waals surface area contributed by atoms with Crippen LogP contribution >= 0.6 is 0 Å². The lowest BCUT2D eigenvalue weighted by atomic mass is 10.1. The van der Waals surface area contributed by atoms with Crippen molar-refractivity contribution in [3.63, 3.8) is 0 Å². The Morgan fingerprint density at radius 3 is 2.16 bits per heavy atom. The molecule has 2 aromatic carbocycles. The molecule has 3 aromatic rings. The third-order valence-corrected chi connectivity index (χ3v) is 4.93. The van der Waals surface area contributed by atoms with Crippen LogP contribution in [0.4, 0.5) is 5.69 Å². The zero-order chi connectivity index (χ0) is 22.5. The number of pyridine rings is 1. The van der Waals surface area contributed by atoms with E-state index < -0.39 is 11.9 Å². The molecule has 0 atom stereocenters. The lowest BCUT2D eigenvalue weighted by Crippen LogP contribution is -2.31. The van der Waals surface area contributed by atoms with Crippen LogP contribution in [-0.4, -0.2) is 23.6 Å². The standard InChI is InChI=1S/C24H24N2O5/c1-15-13-22(23(28)25-19-7-11-21(12-8-19)31-17(3)27)24(29)26(16(15)2)14-18-5-9-20(30-4)10-6-18/h5-13H,14H2,1-4H3,(H,25,28). The summed E-state index contributed by atoms with van der Waals surface area (Å²) in [6.45, 7) is 5.37. The molecule has 0 spiro atoms. The van der Waals surface area contributed by atoms with Gasteiger partial charge in [-0.15, -0.1) is 0 Å². The Hall–Kier alpha value is -3.87. The van der Waals surface area contributed by atoms with Gasteiger partial charge in [0.25, 0.3) is 11.5 Å². The molecular formula is C24H24N2O5. The van der Waals surface area contributed by atoms with Crippen LogP contribution in [0.3, 0.4) is 0 Å². The average molecular weight is 420 g/mol. The van der Waals surface area contributed by atoms with Crippen LogP contribution in [0.2, 0.25) is 0 Å². The highest BCUT2D eigenvalue weighted by atomic mass is 16.5. The number of anilines is 1. The Morgan fingerprint density at radius 2 is 1.58 bits per heavy atom. The maximum absolute atomic E-state index is 13.1. The van der Waals surface area contributed by atoms with Crippen LogP contribution < -0.4 is 20.3 Å². The van der Waals surface area contributed by atoms with Crippen molar-refractivity contribution in [3.8, 4) is 11.5 Å². The first kappa shape index (κ1) is 21.8. The predicted molar refractivity (Wildman–Crippen MR) is 118 cm³/mol. The van der Waals surface area contributed by atoms with Crippen LogP contribution in [0.5, 0.6) is 11.5 Å². The topological polar surface area (TPSA) is 86.6 Å². The lowest BCUT2D eigenvalue weighted by Gasteiger charge is -2.15. The Labute approximate surface area is 180 Å². The van der Waals surface area contributed by atoms with Crippen LogP contribution in [0.15, 0.2) is 59.4 Å². The molecule has 0 saturated carbocycles. The van der Waals surface area contributed by atoms with Crippen LogP contribution in [0, 0.1) is 13.8 Å². The Balaban J connectivity index is 1.86. The molecule has 0 fully saturated rings. The van der Waals surface area contributed by atoms with Gasteiger partial charge in [0.1, 0.15) is 17.1 Å². The fourth-order valence-corrected chi connectivity index (χ4v) is 3.13. The van der Waals surface area contributed by atoms with Crippen molar-refractivity contribution >= 4 is 17.6 Å². The first-order valence-electron chi connectivity index (χ1n) is 9.72. The van der Waals surface area contributed by atoms with Crippen LogP contribution in [0.1, 0.15) is 34.1 Å². The van der Waals surface area contributed by atoms with Gasteiger partial charge in [-0.1, -0.05) is 12.1 Å². The Morgan fingerprint density at radius 1 is 0.968 bits per heavy atom. The van der Waals surface area contributed by atoms with E-state index >= 15 is 0 Å². The predicted octanol–water partition coefficient (Wildman–Crippen LogP) is 3.70. The van der Waals surface area contributed by atoms with Crippen molar-refractivity contribution in [1.82, 2.24) is 4.57 Å². The van der Waals surface area contributed by atoms with Crippen molar-refractivity contribution in [1.29, 1.82) is 0 Å². The van der Waals surface area contributed by atoms with Crippen LogP contribution in [0.25, 0.3) is 0 Å². The van der Waals surface area contributed by atoms with Gasteiger partial charge in [-0.05, 0) is 67.4 Å². The number of benzene rings is 2. The van der Waals surface area contributed by atoms with E-state index in [9.17, 15) is 14.4 Å². The van der Waals surface area contributed by atoms with Gasteiger partial charge in [-0.2, -0.15) is 0 Å². The van der Waals surface area contributed by atoms with E-state index in [0.717, 1.165) is 22.6 Å². The summed E-state index contributed by atoms with van der Waals surface area (Å²) in [7, 11) is 1.60. The van der Waals surface area contributed by atoms with Crippen molar-refractivity contribution in [2.75, 3.05) is 12.4 Å². The highest BCUT2D eigenvalue weighted by molar-refractivity contribution is 6.04. The smallest absolute Gasteiger partial charge is 0.308 e. The first-order chi connectivity index (χ1) is 14.8. The number of nitrogens with one attached hydrogen (secondary N) is 1. The molecular weight excluding hydrogens is 396 g/mol. The molecule has 0 radical (unpaired) electrons. The highest BCUT2D eigenvalue weighted by Crippen LogP contribution is 2.18. The highest BCUT2D eigenvalue weighted by Gasteiger charge is 2.17. The maximum atomic E-state index is 13.1. The summed E-state index contributed by atoms with van der Waals surface area (Å²) in [6, 6.07) is 15.4. The summed E-state index contributed by atoms with van der Waals surface area (Å²) in [5.74, 6) is 0.177. The third kappa shape index (κ3) is 5.19. The number of hydrogen-bond donors (Lipinski definition) is 1. The SMILES string of the molecule is COc1ccc(Cn2c(C)c(C)cc(C(=O)Nc3ccc(OC(C)=O)cc3)c2=O)cc1. The van der Waals surface area contributed by atoms with Gasteiger partial charge in [0, 0.05) is 18.3 Å². The molecule has 0 aliphatic heterocycles. The number of hydrogen-bond acceptors (Lipinski definition) is 5. The monoisotopic (exact) mass is 420 g/mol. The van der Waals surface area contributed by atoms with Crippen molar-refractivity contribution in [3.05, 3.63) is 87.3 Å². The quantitative estimate of drug-likeness (QED) is 0.485. The summed E-state index contributed by atoms with van der Waals surface area (Å²) in [5, 5.41) is 2.72. The van der Waals surface area contributed by atoms with Gasteiger partial charge >= 0.3 is 5.97 Å². The molecule has 3 rings (SSSR count). The zero-order valence-electron chi connectivity index (χ0n) is 17.9. The van der Waals surface area contributed by atoms with Crippen molar-refractivity contribution in [2.45, 2.75) is 27.3 Å².